The zero-order valence-corrected chi connectivity index (χ0v) is 25.6. The minimum absolute atomic E-state index is 0.0610. The third-order valence-corrected chi connectivity index (χ3v) is 7.99. The van der Waals surface area contributed by atoms with E-state index in [9.17, 15) is 27.2 Å². The molecule has 1 unspecified atom stereocenters. The highest BCUT2D eigenvalue weighted by Gasteiger charge is 2.35. The summed E-state index contributed by atoms with van der Waals surface area (Å²) < 4.78 is 79.3. The molecule has 0 saturated heterocycles. The lowest BCUT2D eigenvalue weighted by Gasteiger charge is -2.26. The summed E-state index contributed by atoms with van der Waals surface area (Å²) in [6.07, 6.45) is -4.92. The molecule has 3 aromatic carbocycles. The van der Waals surface area contributed by atoms with E-state index >= 15 is 4.39 Å². The number of nitrogens with zero attached hydrogens (tertiary/aromatic N) is 3. The highest BCUT2D eigenvalue weighted by Crippen LogP contribution is 2.34. The van der Waals surface area contributed by atoms with E-state index < -0.39 is 52.8 Å². The molecule has 0 aliphatic carbocycles. The van der Waals surface area contributed by atoms with Crippen LogP contribution in [0, 0.1) is 18.6 Å². The first-order valence-electron chi connectivity index (χ1n) is 14.2. The molecule has 240 valence electrons. The number of rotatable bonds is 11. The van der Waals surface area contributed by atoms with Crippen LogP contribution in [0.1, 0.15) is 35.3 Å². The number of benzene rings is 3. The Kier molecular flexibility index (Phi) is 10.3. The van der Waals surface area contributed by atoms with E-state index in [0.29, 0.717) is 6.54 Å². The third-order valence-electron chi connectivity index (χ3n) is 7.99. The summed E-state index contributed by atoms with van der Waals surface area (Å²) in [7, 11) is 5.05. The van der Waals surface area contributed by atoms with Gasteiger partial charge in [0.15, 0.2) is 11.6 Å². The molecule has 1 heterocycles. The first-order valence-corrected chi connectivity index (χ1v) is 14.2. The Balaban J connectivity index is 1.98. The van der Waals surface area contributed by atoms with E-state index in [-0.39, 0.29) is 35.2 Å². The molecule has 7 nitrogen and oxygen atoms in total. The van der Waals surface area contributed by atoms with Gasteiger partial charge in [0.25, 0.3) is 5.56 Å². The zero-order valence-electron chi connectivity index (χ0n) is 25.6. The lowest BCUT2D eigenvalue weighted by Crippen LogP contribution is -2.46. The molecule has 0 bridgehead atoms. The molecular formula is C33H35F5N4O3. The molecule has 4 aromatic rings. The largest absolute Gasteiger partial charge is 0.494 e. The smallest absolute Gasteiger partial charge is 0.416 e. The van der Waals surface area contributed by atoms with Crippen LogP contribution in [0.4, 0.5) is 22.0 Å². The van der Waals surface area contributed by atoms with Crippen molar-refractivity contribution in [3.8, 4) is 16.9 Å². The van der Waals surface area contributed by atoms with Crippen molar-refractivity contribution >= 4 is 0 Å². The molecule has 0 aliphatic rings. The first-order chi connectivity index (χ1) is 21.3. The van der Waals surface area contributed by atoms with E-state index in [1.807, 2.05) is 44.1 Å². The summed E-state index contributed by atoms with van der Waals surface area (Å²) in [6.45, 7) is 2.66. The number of halogens is 5. The lowest BCUT2D eigenvalue weighted by atomic mass is 10.0. The van der Waals surface area contributed by atoms with Crippen molar-refractivity contribution in [2.45, 2.75) is 45.2 Å². The lowest BCUT2D eigenvalue weighted by molar-refractivity contribution is -0.138. The SMILES string of the molecule is COc1cccc(-c2c(C)n(Cc3c(F)cccc3C(F)(F)F)c(=O)n(C[C@H](NCC(C)N(C)C)c3ccccc3)c2=O)c1F. The quantitative estimate of drug-likeness (QED) is 0.218. The maximum Gasteiger partial charge on any atom is 0.416 e. The van der Waals surface area contributed by atoms with Gasteiger partial charge in [-0.25, -0.2) is 13.6 Å². The van der Waals surface area contributed by atoms with Crippen LogP contribution in [0.2, 0.25) is 0 Å². The number of hydrogen-bond acceptors (Lipinski definition) is 5. The maximum atomic E-state index is 15.6. The number of ether oxygens (including phenoxy) is 1. The van der Waals surface area contributed by atoms with Crippen LogP contribution < -0.4 is 21.3 Å². The van der Waals surface area contributed by atoms with E-state index in [1.54, 1.807) is 12.1 Å². The monoisotopic (exact) mass is 630 g/mol. The highest BCUT2D eigenvalue weighted by molar-refractivity contribution is 5.67. The predicted molar refractivity (Wildman–Crippen MR) is 162 cm³/mol. The van der Waals surface area contributed by atoms with E-state index in [4.69, 9.17) is 4.74 Å². The van der Waals surface area contributed by atoms with Gasteiger partial charge in [-0.15, -0.1) is 0 Å². The number of hydrogen-bond donors (Lipinski definition) is 1. The van der Waals surface area contributed by atoms with Crippen LogP contribution in [0.3, 0.4) is 0 Å². The second-order valence-corrected chi connectivity index (χ2v) is 11.0. The molecule has 1 aromatic heterocycles. The number of likely N-dealkylation sites (N-methyl/N-ethyl adjacent to an activating group) is 1. The summed E-state index contributed by atoms with van der Waals surface area (Å²) in [5.74, 6) is -2.24. The van der Waals surface area contributed by atoms with Gasteiger partial charge in [-0.3, -0.25) is 13.9 Å². The molecule has 0 aliphatic heterocycles. The number of aromatic nitrogens is 2. The van der Waals surface area contributed by atoms with Crippen molar-refractivity contribution in [3.63, 3.8) is 0 Å². The molecule has 0 saturated carbocycles. The Morgan fingerprint density at radius 1 is 0.933 bits per heavy atom. The molecule has 0 amide bonds. The van der Waals surface area contributed by atoms with E-state index in [1.165, 1.54) is 32.2 Å². The minimum Gasteiger partial charge on any atom is -0.494 e. The first kappa shape index (κ1) is 33.6. The number of methoxy groups -OCH3 is 1. The number of nitrogens with one attached hydrogen (secondary N) is 1. The Bertz CT molecular complexity index is 1770. The Morgan fingerprint density at radius 2 is 1.60 bits per heavy atom. The van der Waals surface area contributed by atoms with Gasteiger partial charge in [-0.2, -0.15) is 13.2 Å². The van der Waals surface area contributed by atoms with Crippen molar-refractivity contribution in [3.05, 3.63) is 122 Å². The molecule has 0 fully saturated rings. The average molecular weight is 631 g/mol. The fraction of sp³-hybridized carbons (Fsp3) is 0.333. The summed E-state index contributed by atoms with van der Waals surface area (Å²) in [6, 6.07) is 15.1. The van der Waals surface area contributed by atoms with E-state index in [0.717, 1.165) is 32.9 Å². The molecule has 2 atom stereocenters. The van der Waals surface area contributed by atoms with Crippen LogP contribution in [-0.2, 0) is 19.3 Å². The maximum absolute atomic E-state index is 15.6. The van der Waals surface area contributed by atoms with Gasteiger partial charge in [0.05, 0.1) is 37.4 Å². The van der Waals surface area contributed by atoms with Gasteiger partial charge in [-0.1, -0.05) is 48.5 Å². The van der Waals surface area contributed by atoms with Crippen molar-refractivity contribution in [1.82, 2.24) is 19.4 Å². The zero-order chi connectivity index (χ0) is 33.1. The standard InChI is InChI=1S/C33H35F5N4O3/c1-20(40(3)4)17-39-27(22-11-7-6-8-12-22)19-42-31(43)29(23-13-9-16-28(45-5)30(23)35)21(2)41(32(42)44)18-24-25(33(36,37)38)14-10-15-26(24)34/h6-16,20,27,39H,17-19H2,1-5H3/t20?,27-/m0/s1. The summed E-state index contributed by atoms with van der Waals surface area (Å²) >= 11 is 0. The van der Waals surface area contributed by atoms with Crippen molar-refractivity contribution < 1.29 is 26.7 Å². The van der Waals surface area contributed by atoms with Crippen molar-refractivity contribution in [1.29, 1.82) is 0 Å². The fourth-order valence-corrected chi connectivity index (χ4v) is 5.11. The molecule has 45 heavy (non-hydrogen) atoms. The van der Waals surface area contributed by atoms with Crippen LogP contribution in [0.5, 0.6) is 5.75 Å². The molecule has 1 N–H and O–H groups in total. The second-order valence-electron chi connectivity index (χ2n) is 11.0. The van der Waals surface area contributed by atoms with Gasteiger partial charge in [0, 0.05) is 29.4 Å². The molecule has 0 radical (unpaired) electrons. The van der Waals surface area contributed by atoms with E-state index in [2.05, 4.69) is 5.32 Å². The van der Waals surface area contributed by atoms with Crippen LogP contribution in [-0.4, -0.2) is 47.8 Å². The van der Waals surface area contributed by atoms with Gasteiger partial charge >= 0.3 is 11.9 Å². The minimum atomic E-state index is -4.92. The van der Waals surface area contributed by atoms with Crippen LogP contribution in [0.15, 0.2) is 76.3 Å². The topological polar surface area (TPSA) is 68.5 Å². The van der Waals surface area contributed by atoms with Gasteiger partial charge in [0.1, 0.15) is 5.82 Å². The Morgan fingerprint density at radius 3 is 2.22 bits per heavy atom. The summed E-state index contributed by atoms with van der Waals surface area (Å²) in [5.41, 5.74) is -3.73. The summed E-state index contributed by atoms with van der Waals surface area (Å²) in [4.78, 5) is 30.2. The van der Waals surface area contributed by atoms with Crippen molar-refractivity contribution in [2.75, 3.05) is 27.7 Å². The average Bonchev–Trinajstić information content (AvgIpc) is 3.00. The predicted octanol–water partition coefficient (Wildman–Crippen LogP) is 5.62. The molecule has 0 spiro atoms. The summed E-state index contributed by atoms with van der Waals surface area (Å²) in [5, 5.41) is 3.38. The van der Waals surface area contributed by atoms with Crippen LogP contribution >= 0.6 is 0 Å². The Hall–Kier alpha value is -4.29. The molecule has 4 rings (SSSR count). The van der Waals surface area contributed by atoms with Gasteiger partial charge in [0.2, 0.25) is 0 Å². The fourth-order valence-electron chi connectivity index (χ4n) is 5.11. The Labute approximate surface area is 257 Å². The molecular weight excluding hydrogens is 595 g/mol. The van der Waals surface area contributed by atoms with Gasteiger partial charge < -0.3 is 15.0 Å². The number of alkyl halides is 3. The normalized spacial score (nSPS) is 13.2. The van der Waals surface area contributed by atoms with Crippen LogP contribution in [0.25, 0.3) is 11.1 Å². The third kappa shape index (κ3) is 7.18. The second kappa shape index (κ2) is 13.8. The van der Waals surface area contributed by atoms with Gasteiger partial charge in [-0.05, 0) is 51.7 Å². The highest BCUT2D eigenvalue weighted by atomic mass is 19.4. The van der Waals surface area contributed by atoms with Crippen molar-refractivity contribution in [2.24, 2.45) is 0 Å². The molecule has 12 heteroatoms.